The molecule has 2 aromatic heterocycles. The molecule has 4 aromatic rings. The van der Waals surface area contributed by atoms with Gasteiger partial charge in [-0.3, -0.25) is 0 Å². The van der Waals surface area contributed by atoms with E-state index < -0.39 is 0 Å². The molecular weight excluding hydrogens is 298 g/mol. The Morgan fingerprint density at radius 2 is 1.75 bits per heavy atom. The Bertz CT molecular complexity index is 992. The highest BCUT2D eigenvalue weighted by molar-refractivity contribution is 6.05. The van der Waals surface area contributed by atoms with Crippen LogP contribution in [0.25, 0.3) is 22.1 Å². The van der Waals surface area contributed by atoms with E-state index >= 15 is 0 Å². The van der Waals surface area contributed by atoms with Crippen LogP contribution >= 0.6 is 0 Å². The lowest BCUT2D eigenvalue weighted by Crippen LogP contribution is -2.09. The summed E-state index contributed by atoms with van der Waals surface area (Å²) in [6.45, 7) is 4.19. The minimum atomic E-state index is 0.127. The second kappa shape index (κ2) is 5.96. The van der Waals surface area contributed by atoms with Gasteiger partial charge in [0, 0.05) is 11.8 Å². The number of para-hydroxylation sites is 1. The number of aryl methyl sites for hydroxylation is 1. The van der Waals surface area contributed by atoms with E-state index in [0.29, 0.717) is 0 Å². The first-order chi connectivity index (χ1) is 11.8. The molecule has 0 saturated heterocycles. The molecule has 24 heavy (non-hydrogen) atoms. The molecule has 2 aromatic carbocycles. The molecule has 0 radical (unpaired) electrons. The maximum absolute atomic E-state index is 6.03. The second-order valence-electron chi connectivity index (χ2n) is 5.89. The maximum Gasteiger partial charge on any atom is 0.196 e. The van der Waals surface area contributed by atoms with Crippen LogP contribution in [-0.2, 0) is 6.42 Å². The largest absolute Gasteiger partial charge is 0.450 e. The van der Waals surface area contributed by atoms with Crippen molar-refractivity contribution in [1.82, 2.24) is 9.97 Å². The van der Waals surface area contributed by atoms with Gasteiger partial charge in [0.2, 0.25) is 0 Å². The number of anilines is 1. The quantitative estimate of drug-likeness (QED) is 0.568. The van der Waals surface area contributed by atoms with Gasteiger partial charge in [0.15, 0.2) is 11.4 Å². The molecule has 1 N–H and O–H groups in total. The van der Waals surface area contributed by atoms with Crippen LogP contribution in [0.5, 0.6) is 0 Å². The molecule has 0 spiro atoms. The van der Waals surface area contributed by atoms with Gasteiger partial charge in [-0.1, -0.05) is 49.4 Å². The van der Waals surface area contributed by atoms with E-state index in [4.69, 9.17) is 4.42 Å². The molecule has 0 saturated carbocycles. The number of aromatic nitrogens is 2. The van der Waals surface area contributed by atoms with Crippen LogP contribution in [0.3, 0.4) is 0 Å². The zero-order chi connectivity index (χ0) is 16.5. The van der Waals surface area contributed by atoms with Gasteiger partial charge < -0.3 is 9.73 Å². The van der Waals surface area contributed by atoms with Crippen LogP contribution in [-0.4, -0.2) is 9.97 Å². The number of benzene rings is 2. The highest BCUT2D eigenvalue weighted by Gasteiger charge is 2.17. The Balaban J connectivity index is 1.84. The number of nitrogens with one attached hydrogen (secondary N) is 1. The van der Waals surface area contributed by atoms with Crippen molar-refractivity contribution in [3.05, 3.63) is 66.0 Å². The number of furan rings is 1. The molecule has 4 heteroatoms. The summed E-state index contributed by atoms with van der Waals surface area (Å²) in [5.41, 5.74) is 3.64. The molecule has 0 bridgehead atoms. The average Bonchev–Trinajstić information content (AvgIpc) is 3.01. The monoisotopic (exact) mass is 317 g/mol. The highest BCUT2D eigenvalue weighted by atomic mass is 16.3. The summed E-state index contributed by atoms with van der Waals surface area (Å²) in [5, 5.41) is 4.52. The summed E-state index contributed by atoms with van der Waals surface area (Å²) >= 11 is 0. The molecule has 0 aliphatic heterocycles. The molecule has 1 atom stereocenters. The van der Waals surface area contributed by atoms with Crippen LogP contribution in [0.4, 0.5) is 5.82 Å². The lowest BCUT2D eigenvalue weighted by atomic mass is 10.1. The molecule has 0 unspecified atom stereocenters. The van der Waals surface area contributed by atoms with Crippen LogP contribution in [0.2, 0.25) is 0 Å². The van der Waals surface area contributed by atoms with Crippen molar-refractivity contribution in [2.45, 2.75) is 26.3 Å². The van der Waals surface area contributed by atoms with Crippen molar-refractivity contribution in [3.8, 4) is 0 Å². The van der Waals surface area contributed by atoms with E-state index in [1.807, 2.05) is 42.5 Å². The van der Waals surface area contributed by atoms with E-state index in [1.54, 1.807) is 0 Å². The van der Waals surface area contributed by atoms with Crippen molar-refractivity contribution in [2.75, 3.05) is 5.32 Å². The van der Waals surface area contributed by atoms with E-state index in [2.05, 4.69) is 41.3 Å². The third kappa shape index (κ3) is 2.50. The molecule has 0 fully saturated rings. The van der Waals surface area contributed by atoms with Crippen LogP contribution in [0, 0.1) is 0 Å². The van der Waals surface area contributed by atoms with Gasteiger partial charge in [-0.25, -0.2) is 9.97 Å². The van der Waals surface area contributed by atoms with Gasteiger partial charge in [-0.15, -0.1) is 0 Å². The van der Waals surface area contributed by atoms with E-state index in [1.165, 1.54) is 5.56 Å². The zero-order valence-corrected chi connectivity index (χ0v) is 13.8. The van der Waals surface area contributed by atoms with Gasteiger partial charge in [-0.2, -0.15) is 0 Å². The fourth-order valence-corrected chi connectivity index (χ4v) is 2.92. The van der Waals surface area contributed by atoms with Gasteiger partial charge >= 0.3 is 0 Å². The third-order valence-corrected chi connectivity index (χ3v) is 4.24. The molecule has 2 heterocycles. The molecule has 0 aliphatic rings. The Morgan fingerprint density at radius 1 is 1.00 bits per heavy atom. The van der Waals surface area contributed by atoms with E-state index in [-0.39, 0.29) is 6.04 Å². The second-order valence-corrected chi connectivity index (χ2v) is 5.89. The van der Waals surface area contributed by atoms with Crippen molar-refractivity contribution >= 4 is 27.9 Å². The number of hydrogen-bond donors (Lipinski definition) is 1. The van der Waals surface area contributed by atoms with Crippen molar-refractivity contribution < 1.29 is 4.42 Å². The number of nitrogens with zero attached hydrogens (tertiary/aromatic N) is 2. The Kier molecular flexibility index (Phi) is 3.65. The minimum absolute atomic E-state index is 0.127. The third-order valence-electron chi connectivity index (χ3n) is 4.24. The summed E-state index contributed by atoms with van der Waals surface area (Å²) < 4.78 is 6.03. The van der Waals surface area contributed by atoms with Gasteiger partial charge in [-0.05, 0) is 24.6 Å². The fraction of sp³-hybridized carbons (Fsp3) is 0.200. The minimum Gasteiger partial charge on any atom is -0.450 e. The first kappa shape index (κ1) is 14.7. The van der Waals surface area contributed by atoms with Crippen molar-refractivity contribution in [2.24, 2.45) is 0 Å². The first-order valence-corrected chi connectivity index (χ1v) is 8.26. The number of rotatable bonds is 4. The summed E-state index contributed by atoms with van der Waals surface area (Å²) in [6, 6.07) is 18.4. The van der Waals surface area contributed by atoms with Crippen molar-refractivity contribution in [3.63, 3.8) is 0 Å². The first-order valence-electron chi connectivity index (χ1n) is 8.26. The van der Waals surface area contributed by atoms with Crippen LogP contribution in [0.1, 0.15) is 31.3 Å². The predicted octanol–water partition coefficient (Wildman–Crippen LogP) is 5.11. The lowest BCUT2D eigenvalue weighted by Gasteiger charge is -2.15. The summed E-state index contributed by atoms with van der Waals surface area (Å²) in [6.07, 6.45) is 0.782. The zero-order valence-electron chi connectivity index (χ0n) is 13.8. The molecule has 120 valence electrons. The van der Waals surface area contributed by atoms with E-state index in [9.17, 15) is 0 Å². The molecule has 0 aliphatic carbocycles. The maximum atomic E-state index is 6.03. The Hall–Kier alpha value is -2.88. The number of fused-ring (bicyclic) bond motifs is 3. The lowest BCUT2D eigenvalue weighted by molar-refractivity contribution is 0.664. The molecule has 4 rings (SSSR count). The number of hydrogen-bond acceptors (Lipinski definition) is 4. The average molecular weight is 317 g/mol. The molecular formula is C20H19N3O. The van der Waals surface area contributed by atoms with Gasteiger partial charge in [0.05, 0.1) is 6.04 Å². The van der Waals surface area contributed by atoms with Gasteiger partial charge in [0.25, 0.3) is 0 Å². The van der Waals surface area contributed by atoms with Gasteiger partial charge in [0.1, 0.15) is 16.9 Å². The van der Waals surface area contributed by atoms with Crippen molar-refractivity contribution in [1.29, 1.82) is 0 Å². The summed E-state index contributed by atoms with van der Waals surface area (Å²) in [7, 11) is 0. The van der Waals surface area contributed by atoms with Crippen LogP contribution in [0.15, 0.2) is 59.0 Å². The Morgan fingerprint density at radius 3 is 2.54 bits per heavy atom. The SMILES string of the molecule is CCc1nc(N[C@@H](C)c2ccccc2)c2oc3ccccc3c2n1. The Labute approximate surface area is 140 Å². The molecule has 4 nitrogen and oxygen atoms in total. The molecule has 0 amide bonds. The fourth-order valence-electron chi connectivity index (χ4n) is 2.92. The summed E-state index contributed by atoms with van der Waals surface area (Å²) in [4.78, 5) is 9.34. The van der Waals surface area contributed by atoms with E-state index in [0.717, 1.165) is 40.1 Å². The predicted molar refractivity (Wildman–Crippen MR) is 97.2 cm³/mol. The highest BCUT2D eigenvalue weighted by Crippen LogP contribution is 2.32. The standard InChI is InChI=1S/C20H19N3O/c1-3-17-22-18-15-11-7-8-12-16(15)24-19(18)20(23-17)21-13(2)14-9-5-4-6-10-14/h4-13H,3H2,1-2H3,(H,21,22,23)/t13-/m0/s1. The summed E-state index contributed by atoms with van der Waals surface area (Å²) in [5.74, 6) is 1.57. The smallest absolute Gasteiger partial charge is 0.196 e. The topological polar surface area (TPSA) is 51.0 Å². The normalized spacial score (nSPS) is 12.6. The van der Waals surface area contributed by atoms with Crippen LogP contribution < -0.4 is 5.32 Å².